The van der Waals surface area contributed by atoms with E-state index >= 15 is 0 Å². The predicted octanol–water partition coefficient (Wildman–Crippen LogP) is 17.2. The number of rotatable bonds is 31. The summed E-state index contributed by atoms with van der Waals surface area (Å²) in [5, 5.41) is 22.6. The molecule has 8 rings (SSSR count). The summed E-state index contributed by atoms with van der Waals surface area (Å²) in [5.41, 5.74) is 3.77. The molecule has 0 aliphatic carbocycles. The Morgan fingerprint density at radius 3 is 1.17 bits per heavy atom. The van der Waals surface area contributed by atoms with Crippen molar-refractivity contribution in [3.63, 3.8) is 0 Å². The Morgan fingerprint density at radius 1 is 0.474 bits per heavy atom. The van der Waals surface area contributed by atoms with E-state index in [9.17, 15) is 20.2 Å². The molecule has 0 saturated carbocycles. The minimum atomic E-state index is -0.752. The Balaban J connectivity index is 0.565. The average molecular weight is 1080 g/mol. The van der Waals surface area contributed by atoms with Crippen LogP contribution >= 0.6 is 21.6 Å². The molecule has 4 aromatic rings. The fourth-order valence-electron chi connectivity index (χ4n) is 11.8. The fourth-order valence-corrected chi connectivity index (χ4v) is 14.1. The number of benzene rings is 4. The van der Waals surface area contributed by atoms with E-state index in [0.717, 1.165) is 46.8 Å². The van der Waals surface area contributed by atoms with Gasteiger partial charge in [-0.05, 0) is 137 Å². The molecule has 4 aromatic carbocycles. The second kappa shape index (κ2) is 25.9. The first-order valence-corrected chi connectivity index (χ1v) is 30.8. The first kappa shape index (κ1) is 56.9. The van der Waals surface area contributed by atoms with Crippen molar-refractivity contribution in [2.24, 2.45) is 0 Å². The summed E-state index contributed by atoms with van der Waals surface area (Å²) in [6.07, 6.45) is 33.9. The fraction of sp³-hybridized carbons (Fsp3) is 0.548. The van der Waals surface area contributed by atoms with Crippen molar-refractivity contribution in [2.45, 2.75) is 178 Å². The topological polar surface area (TPSA) is 130 Å². The highest BCUT2D eigenvalue weighted by Crippen LogP contribution is 2.57. The molecule has 76 heavy (non-hydrogen) atoms. The first-order valence-electron chi connectivity index (χ1n) is 28.3. The number of hydrogen-bond donors (Lipinski definition) is 0. The van der Waals surface area contributed by atoms with Gasteiger partial charge in [-0.15, -0.1) is 0 Å². The van der Waals surface area contributed by atoms with Gasteiger partial charge in [-0.2, -0.15) is 0 Å². The number of non-ortho nitro benzene ring substituents is 2. The van der Waals surface area contributed by atoms with Gasteiger partial charge in [0.05, 0.1) is 33.9 Å². The van der Waals surface area contributed by atoms with E-state index in [-0.39, 0.29) is 21.2 Å². The number of nitro groups is 2. The second-order valence-electron chi connectivity index (χ2n) is 22.4. The van der Waals surface area contributed by atoms with Gasteiger partial charge in [0.2, 0.25) is 11.4 Å². The standard InChI is InChI=1S/C62H82N4O8S2/c1-59(2)53-45-51(29-31-55(53)63(5)61(59)37-35-47-43-49(65(67)68)27-33-57(47)73-61)71-39-23-19-15-11-7-9-13-17-21-25-41-75-76-42-26-22-18-14-10-8-12-16-20-24-40-72-52-30-32-56-54(46-52)60(3,4)62(64(56)6)38-36-48-44-50(66(69)70)28-34-58(48)74-62/h27-38,43-46H,7-26,39-42H2,1-6H3. The van der Waals surface area contributed by atoms with Gasteiger partial charge in [0.15, 0.2) is 0 Å². The normalized spacial score (nSPS) is 19.0. The van der Waals surface area contributed by atoms with Gasteiger partial charge in [-0.1, -0.05) is 124 Å². The molecule has 0 saturated heterocycles. The molecule has 4 aliphatic rings. The van der Waals surface area contributed by atoms with Gasteiger partial charge < -0.3 is 28.7 Å². The molecule has 0 amide bonds. The summed E-state index contributed by atoms with van der Waals surface area (Å²) in [7, 11) is 8.25. The summed E-state index contributed by atoms with van der Waals surface area (Å²) in [6.45, 7) is 10.2. The minimum absolute atomic E-state index is 0.0585. The van der Waals surface area contributed by atoms with E-state index in [0.29, 0.717) is 35.8 Å². The minimum Gasteiger partial charge on any atom is -0.494 e. The highest BCUT2D eigenvalue weighted by Gasteiger charge is 2.59. The van der Waals surface area contributed by atoms with E-state index in [1.54, 1.807) is 24.3 Å². The molecule has 0 aromatic heterocycles. The van der Waals surface area contributed by atoms with Crippen LogP contribution in [0.4, 0.5) is 22.7 Å². The van der Waals surface area contributed by atoms with Crippen LogP contribution in [-0.4, -0.2) is 60.1 Å². The summed E-state index contributed by atoms with van der Waals surface area (Å²) < 4.78 is 25.9. The number of unbranched alkanes of at least 4 members (excludes halogenated alkanes) is 18. The van der Waals surface area contributed by atoms with Gasteiger partial charge in [-0.3, -0.25) is 20.2 Å². The van der Waals surface area contributed by atoms with Crippen LogP contribution in [0.3, 0.4) is 0 Å². The second-order valence-corrected chi connectivity index (χ2v) is 25.1. The number of anilines is 2. The smallest absolute Gasteiger partial charge is 0.270 e. The maximum Gasteiger partial charge on any atom is 0.270 e. The van der Waals surface area contributed by atoms with Crippen molar-refractivity contribution in [1.82, 2.24) is 0 Å². The van der Waals surface area contributed by atoms with E-state index in [2.05, 4.69) is 95.5 Å². The Hall–Kier alpha value is -5.34. The van der Waals surface area contributed by atoms with Crippen LogP contribution in [0.1, 0.15) is 178 Å². The van der Waals surface area contributed by atoms with Crippen LogP contribution in [0.2, 0.25) is 0 Å². The first-order chi connectivity index (χ1) is 36.7. The Kier molecular flexibility index (Phi) is 19.4. The largest absolute Gasteiger partial charge is 0.494 e. The molecular formula is C62H82N4O8S2. The third-order valence-corrected chi connectivity index (χ3v) is 19.2. The lowest BCUT2D eigenvalue weighted by Crippen LogP contribution is -2.58. The van der Waals surface area contributed by atoms with Crippen LogP contribution in [0, 0.1) is 20.2 Å². The van der Waals surface area contributed by atoms with Crippen LogP contribution < -0.4 is 28.7 Å². The van der Waals surface area contributed by atoms with E-state index in [1.165, 1.54) is 139 Å². The molecule has 0 fully saturated rings. The molecule has 0 radical (unpaired) electrons. The van der Waals surface area contributed by atoms with Crippen molar-refractivity contribution in [3.8, 4) is 23.0 Å². The van der Waals surface area contributed by atoms with Crippen molar-refractivity contribution in [1.29, 1.82) is 0 Å². The molecule has 4 aliphatic heterocycles. The molecular weight excluding hydrogens is 993 g/mol. The Labute approximate surface area is 460 Å². The predicted molar refractivity (Wildman–Crippen MR) is 315 cm³/mol. The monoisotopic (exact) mass is 1070 g/mol. The number of likely N-dealkylation sites (N-methyl/N-ethyl adjacent to an activating group) is 2. The summed E-state index contributed by atoms with van der Waals surface area (Å²) in [4.78, 5) is 26.2. The van der Waals surface area contributed by atoms with Crippen LogP contribution in [-0.2, 0) is 10.8 Å². The van der Waals surface area contributed by atoms with Gasteiger partial charge >= 0.3 is 0 Å². The molecule has 0 bridgehead atoms. The Morgan fingerprint density at radius 2 is 0.816 bits per heavy atom. The molecule has 12 nitrogen and oxygen atoms in total. The molecule has 14 heteroatoms. The van der Waals surface area contributed by atoms with Gasteiger partial charge in [-0.25, -0.2) is 0 Å². The quantitative estimate of drug-likeness (QED) is 0.0206. The number of hydrogen-bond acceptors (Lipinski definition) is 12. The van der Waals surface area contributed by atoms with E-state index in [1.807, 2.05) is 38.4 Å². The molecule has 2 spiro atoms. The van der Waals surface area contributed by atoms with Crippen molar-refractivity contribution < 1.29 is 28.8 Å². The number of nitrogens with zero attached hydrogens (tertiary/aromatic N) is 4. The molecule has 2 atom stereocenters. The van der Waals surface area contributed by atoms with Crippen LogP contribution in [0.25, 0.3) is 12.2 Å². The lowest BCUT2D eigenvalue weighted by atomic mass is 9.76. The number of nitro benzene ring substituents is 2. The van der Waals surface area contributed by atoms with Gasteiger partial charge in [0.1, 0.15) is 23.0 Å². The Bertz CT molecular complexity index is 2510. The molecule has 0 N–H and O–H groups in total. The lowest BCUT2D eigenvalue weighted by Gasteiger charge is -2.45. The highest BCUT2D eigenvalue weighted by molar-refractivity contribution is 8.76. The van der Waals surface area contributed by atoms with Crippen LogP contribution in [0.15, 0.2) is 84.9 Å². The van der Waals surface area contributed by atoms with Crippen molar-refractivity contribution in [2.75, 3.05) is 48.6 Å². The zero-order chi connectivity index (χ0) is 53.8. The van der Waals surface area contributed by atoms with Gasteiger partial charge in [0.25, 0.3) is 11.4 Å². The summed E-state index contributed by atoms with van der Waals surface area (Å²) in [6, 6.07) is 22.2. The summed E-state index contributed by atoms with van der Waals surface area (Å²) in [5.74, 6) is 5.63. The molecule has 410 valence electrons. The average Bonchev–Trinajstić information content (AvgIpc) is 3.91. The van der Waals surface area contributed by atoms with Gasteiger partial charge in [0, 0.05) is 72.4 Å². The van der Waals surface area contributed by atoms with Crippen molar-refractivity contribution >= 4 is 56.5 Å². The SMILES string of the molecule is CN1c2ccc(OCCCCCCCCCCCCSSCCCCCCCCCCCCOc3ccc4c(c3)C(C)(C)C3(C=Cc5cc([N+](=O)[O-])ccc5O3)N4C)cc2C(C)(C)C12C=Cc1cc([N+](=O)[O-])ccc1O2. The number of fused-ring (bicyclic) bond motifs is 4. The summed E-state index contributed by atoms with van der Waals surface area (Å²) >= 11 is 0. The third kappa shape index (κ3) is 12.6. The maximum absolute atomic E-state index is 11.3. The molecule has 4 heterocycles. The van der Waals surface area contributed by atoms with Crippen LogP contribution in [0.5, 0.6) is 23.0 Å². The number of ether oxygens (including phenoxy) is 4. The zero-order valence-corrected chi connectivity index (χ0v) is 47.7. The zero-order valence-electron chi connectivity index (χ0n) is 46.1. The van der Waals surface area contributed by atoms with Crippen molar-refractivity contribution in [3.05, 3.63) is 127 Å². The highest BCUT2D eigenvalue weighted by atomic mass is 33.1. The maximum atomic E-state index is 11.3. The van der Waals surface area contributed by atoms with E-state index in [4.69, 9.17) is 18.9 Å². The molecule has 2 unspecified atom stereocenters. The lowest BCUT2D eigenvalue weighted by molar-refractivity contribution is -0.385. The van der Waals surface area contributed by atoms with E-state index < -0.39 is 22.3 Å². The third-order valence-electron chi connectivity index (χ3n) is 16.6.